The first kappa shape index (κ1) is 13.4. The average Bonchev–Trinajstić information content (AvgIpc) is 2.65. The number of aryl methyl sites for hydroxylation is 2. The van der Waals surface area contributed by atoms with Crippen LogP contribution in [0.5, 0.6) is 5.75 Å². The first-order valence-corrected chi connectivity index (χ1v) is 6.12. The molecule has 3 N–H and O–H groups in total. The number of phenolic OH excluding ortho intramolecular Hbond substituents is 1. The molecule has 0 amide bonds. The molecule has 0 saturated carbocycles. The minimum absolute atomic E-state index is 0.168. The number of hydrogen-bond donors (Lipinski definition) is 2. The van der Waals surface area contributed by atoms with E-state index >= 15 is 0 Å². The van der Waals surface area contributed by atoms with Crippen molar-refractivity contribution in [3.05, 3.63) is 39.7 Å². The highest BCUT2D eigenvalue weighted by Gasteiger charge is 2.10. The molecule has 2 aromatic rings. The fourth-order valence-corrected chi connectivity index (χ4v) is 2.03. The Morgan fingerprint density at radius 2 is 2.11 bits per heavy atom. The summed E-state index contributed by atoms with van der Waals surface area (Å²) in [6.45, 7) is 5.44. The lowest BCUT2D eigenvalue weighted by Gasteiger charge is -2.08. The van der Waals surface area contributed by atoms with Gasteiger partial charge in [-0.15, -0.1) is 0 Å². The van der Waals surface area contributed by atoms with Gasteiger partial charge in [-0.1, -0.05) is 11.6 Å². The summed E-state index contributed by atoms with van der Waals surface area (Å²) in [5, 5.41) is 14.8. The van der Waals surface area contributed by atoms with Crippen LogP contribution in [-0.4, -0.2) is 21.0 Å². The Morgan fingerprint density at radius 1 is 1.42 bits per heavy atom. The molecule has 0 aliphatic heterocycles. The second-order valence-corrected chi connectivity index (χ2v) is 4.80. The van der Waals surface area contributed by atoms with Crippen LogP contribution in [0.1, 0.15) is 22.4 Å². The van der Waals surface area contributed by atoms with Crippen LogP contribution in [0, 0.1) is 20.8 Å². The Balaban J connectivity index is 2.47. The molecule has 5 nitrogen and oxygen atoms in total. The molecule has 0 unspecified atom stereocenters. The molecule has 100 valence electrons. The molecule has 19 heavy (non-hydrogen) atoms. The molecular weight excluding hydrogens is 264 g/mol. The summed E-state index contributed by atoms with van der Waals surface area (Å²) in [6, 6.07) is 1.72. The largest absolute Gasteiger partial charge is 0.507 e. The third kappa shape index (κ3) is 2.56. The van der Waals surface area contributed by atoms with Gasteiger partial charge in [0.1, 0.15) is 5.75 Å². The number of rotatable bonds is 2. The van der Waals surface area contributed by atoms with E-state index in [0.717, 1.165) is 11.3 Å². The van der Waals surface area contributed by atoms with Crippen molar-refractivity contribution in [3.63, 3.8) is 0 Å². The van der Waals surface area contributed by atoms with Gasteiger partial charge in [-0.25, -0.2) is 9.66 Å². The zero-order valence-corrected chi connectivity index (χ0v) is 11.7. The Labute approximate surface area is 116 Å². The molecule has 0 fully saturated rings. The van der Waals surface area contributed by atoms with Crippen LogP contribution in [0.4, 0.5) is 5.95 Å². The number of aromatic nitrogens is 2. The van der Waals surface area contributed by atoms with Crippen molar-refractivity contribution in [2.45, 2.75) is 20.8 Å². The molecule has 0 saturated heterocycles. The number of nitrogens with two attached hydrogens (primary N) is 1. The normalized spacial score (nSPS) is 11.4. The molecule has 0 aliphatic carbocycles. The van der Waals surface area contributed by atoms with Crippen molar-refractivity contribution in [1.29, 1.82) is 0 Å². The minimum atomic E-state index is 0.168. The zero-order valence-electron chi connectivity index (χ0n) is 11.0. The van der Waals surface area contributed by atoms with E-state index in [1.54, 1.807) is 19.2 Å². The summed E-state index contributed by atoms with van der Waals surface area (Å²) in [4.78, 5) is 4.04. The van der Waals surface area contributed by atoms with Gasteiger partial charge in [-0.05, 0) is 38.0 Å². The maximum absolute atomic E-state index is 10.0. The van der Waals surface area contributed by atoms with Gasteiger partial charge >= 0.3 is 0 Å². The van der Waals surface area contributed by atoms with Gasteiger partial charge in [0.25, 0.3) is 0 Å². The predicted octanol–water partition coefficient (Wildman–Crippen LogP) is 2.63. The van der Waals surface area contributed by atoms with Crippen molar-refractivity contribution in [3.8, 4) is 5.75 Å². The van der Waals surface area contributed by atoms with E-state index in [-0.39, 0.29) is 5.75 Å². The van der Waals surface area contributed by atoms with Crippen LogP contribution in [0.3, 0.4) is 0 Å². The predicted molar refractivity (Wildman–Crippen MR) is 77.0 cm³/mol. The molecule has 0 aliphatic rings. The fraction of sp³-hybridized carbons (Fsp3) is 0.231. The van der Waals surface area contributed by atoms with Crippen molar-refractivity contribution in [2.24, 2.45) is 5.10 Å². The SMILES string of the molecule is Cc1cn(N=Cc2c(C)c(Cl)cc(C)c2O)c(N)n1. The zero-order chi connectivity index (χ0) is 14.2. The molecule has 0 bridgehead atoms. The monoisotopic (exact) mass is 278 g/mol. The highest BCUT2D eigenvalue weighted by molar-refractivity contribution is 6.31. The summed E-state index contributed by atoms with van der Waals surface area (Å²) in [5.74, 6) is 0.464. The number of benzene rings is 1. The number of nitrogens with zero attached hydrogens (tertiary/aromatic N) is 3. The van der Waals surface area contributed by atoms with E-state index < -0.39 is 0 Å². The number of phenols is 1. The lowest BCUT2D eigenvalue weighted by atomic mass is 10.0. The van der Waals surface area contributed by atoms with Crippen LogP contribution < -0.4 is 5.73 Å². The van der Waals surface area contributed by atoms with Gasteiger partial charge in [0, 0.05) is 10.6 Å². The number of hydrogen-bond acceptors (Lipinski definition) is 4. The Hall–Kier alpha value is -2.01. The first-order valence-electron chi connectivity index (χ1n) is 5.74. The minimum Gasteiger partial charge on any atom is -0.507 e. The third-order valence-electron chi connectivity index (χ3n) is 2.88. The molecule has 1 aromatic heterocycles. The highest BCUT2D eigenvalue weighted by Crippen LogP contribution is 2.29. The summed E-state index contributed by atoms with van der Waals surface area (Å²) in [7, 11) is 0. The van der Waals surface area contributed by atoms with E-state index in [1.807, 2.05) is 13.8 Å². The van der Waals surface area contributed by atoms with E-state index in [2.05, 4.69) is 10.1 Å². The Morgan fingerprint density at radius 3 is 2.68 bits per heavy atom. The lowest BCUT2D eigenvalue weighted by Crippen LogP contribution is -1.98. The van der Waals surface area contributed by atoms with Crippen LogP contribution in [0.25, 0.3) is 0 Å². The second kappa shape index (κ2) is 4.93. The van der Waals surface area contributed by atoms with E-state index in [9.17, 15) is 5.11 Å². The molecule has 2 rings (SSSR count). The van der Waals surface area contributed by atoms with Gasteiger partial charge in [-0.3, -0.25) is 0 Å². The molecular formula is C13H15ClN4O. The van der Waals surface area contributed by atoms with E-state index in [0.29, 0.717) is 22.1 Å². The molecule has 0 atom stereocenters. The van der Waals surface area contributed by atoms with Crippen LogP contribution in [0.15, 0.2) is 17.4 Å². The Bertz CT molecular complexity index is 635. The summed E-state index contributed by atoms with van der Waals surface area (Å²) >= 11 is 6.09. The van der Waals surface area contributed by atoms with Gasteiger partial charge in [0.05, 0.1) is 18.1 Å². The van der Waals surface area contributed by atoms with Crippen molar-refractivity contribution in [1.82, 2.24) is 9.66 Å². The lowest BCUT2D eigenvalue weighted by molar-refractivity contribution is 0.469. The number of imidazole rings is 1. The number of anilines is 1. The van der Waals surface area contributed by atoms with Crippen LogP contribution in [-0.2, 0) is 0 Å². The molecule has 0 radical (unpaired) electrons. The summed E-state index contributed by atoms with van der Waals surface area (Å²) in [6.07, 6.45) is 3.23. The quantitative estimate of drug-likeness (QED) is 0.829. The van der Waals surface area contributed by atoms with Crippen molar-refractivity contribution < 1.29 is 5.11 Å². The van der Waals surface area contributed by atoms with Gasteiger partial charge in [0.2, 0.25) is 5.95 Å². The van der Waals surface area contributed by atoms with Crippen molar-refractivity contribution >= 4 is 23.8 Å². The summed E-state index contributed by atoms with van der Waals surface area (Å²) < 4.78 is 1.45. The molecule has 1 heterocycles. The van der Waals surface area contributed by atoms with Crippen molar-refractivity contribution in [2.75, 3.05) is 5.73 Å². The molecule has 1 aromatic carbocycles. The average molecular weight is 279 g/mol. The van der Waals surface area contributed by atoms with E-state index in [1.165, 1.54) is 10.9 Å². The van der Waals surface area contributed by atoms with Gasteiger partial charge in [-0.2, -0.15) is 5.10 Å². The maximum atomic E-state index is 10.0. The summed E-state index contributed by atoms with van der Waals surface area (Å²) in [5.41, 5.74) is 8.51. The van der Waals surface area contributed by atoms with Gasteiger partial charge < -0.3 is 10.8 Å². The van der Waals surface area contributed by atoms with E-state index in [4.69, 9.17) is 17.3 Å². The highest BCUT2D eigenvalue weighted by atomic mass is 35.5. The fourth-order valence-electron chi connectivity index (χ4n) is 1.76. The standard InChI is InChI=1S/C13H15ClN4O/c1-7-4-11(14)9(3)10(12(7)19)5-16-18-6-8(2)17-13(18)15/h4-6,19H,1-3H3,(H2,15,17). The number of aromatic hydroxyl groups is 1. The second-order valence-electron chi connectivity index (χ2n) is 4.39. The smallest absolute Gasteiger partial charge is 0.221 e. The topological polar surface area (TPSA) is 76.4 Å². The third-order valence-corrected chi connectivity index (χ3v) is 3.27. The number of nitrogen functional groups attached to an aromatic ring is 1. The Kier molecular flexibility index (Phi) is 3.48. The maximum Gasteiger partial charge on any atom is 0.221 e. The molecule has 0 spiro atoms. The van der Waals surface area contributed by atoms with Crippen LogP contribution in [0.2, 0.25) is 5.02 Å². The molecule has 6 heteroatoms. The first-order chi connectivity index (χ1) is 8.90. The van der Waals surface area contributed by atoms with Gasteiger partial charge in [0.15, 0.2) is 0 Å². The number of halogens is 1. The van der Waals surface area contributed by atoms with Crippen LogP contribution >= 0.6 is 11.6 Å².